The van der Waals surface area contributed by atoms with Crippen LogP contribution >= 0.6 is 0 Å². The number of nitrogens with zero attached hydrogens (tertiary/aromatic N) is 2. The van der Waals surface area contributed by atoms with Crippen LogP contribution < -0.4 is 21.4 Å². The van der Waals surface area contributed by atoms with Crippen LogP contribution in [-0.2, 0) is 4.74 Å². The van der Waals surface area contributed by atoms with Crippen LogP contribution in [0.5, 0.6) is 0 Å². The summed E-state index contributed by atoms with van der Waals surface area (Å²) in [5, 5.41) is 7.29. The maximum Gasteiger partial charge on any atom is 0.408 e. The zero-order valence-electron chi connectivity index (χ0n) is 23.9. The number of alkyl carbamates (subject to hydrolysis) is 1. The predicted octanol–water partition coefficient (Wildman–Crippen LogP) is 5.34. The van der Waals surface area contributed by atoms with Crippen molar-refractivity contribution in [3.8, 4) is 5.69 Å². The molecule has 2 heterocycles. The number of ether oxygens (including phenoxy) is 1. The van der Waals surface area contributed by atoms with Gasteiger partial charge >= 0.3 is 12.3 Å². The van der Waals surface area contributed by atoms with E-state index < -0.39 is 75.4 Å². The Kier molecular flexibility index (Phi) is 7.79. The van der Waals surface area contributed by atoms with E-state index in [4.69, 9.17) is 4.74 Å². The number of rotatable bonds is 8. The van der Waals surface area contributed by atoms with Gasteiger partial charge in [0.2, 0.25) is 5.43 Å². The normalized spacial score (nSPS) is 16.8. The Morgan fingerprint density at radius 3 is 2.27 bits per heavy atom. The summed E-state index contributed by atoms with van der Waals surface area (Å²) in [6, 6.07) is 1.06. The molecule has 2 amide bonds. The molecule has 1 unspecified atom stereocenters. The molecule has 3 aromatic rings. The minimum Gasteiger partial charge on any atom is -0.444 e. The molecule has 44 heavy (non-hydrogen) atoms. The Hall–Kier alpha value is -4.30. The smallest absolute Gasteiger partial charge is 0.408 e. The van der Waals surface area contributed by atoms with Crippen LogP contribution in [0.25, 0.3) is 16.7 Å². The summed E-state index contributed by atoms with van der Waals surface area (Å²) in [5.74, 6) is -6.22. The molecule has 1 atom stereocenters. The van der Waals surface area contributed by atoms with Crippen LogP contribution in [0.4, 0.5) is 37.0 Å². The molecule has 2 saturated carbocycles. The molecule has 0 radical (unpaired) electrons. The van der Waals surface area contributed by atoms with Gasteiger partial charge in [-0.3, -0.25) is 14.2 Å². The Morgan fingerprint density at radius 2 is 1.73 bits per heavy atom. The number of pyridine rings is 2. The molecule has 236 valence electrons. The first-order valence-electron chi connectivity index (χ1n) is 13.8. The van der Waals surface area contributed by atoms with Crippen molar-refractivity contribution in [2.45, 2.75) is 69.8 Å². The van der Waals surface area contributed by atoms with Crippen LogP contribution in [-0.4, -0.2) is 51.5 Å². The van der Waals surface area contributed by atoms with Crippen LogP contribution in [0.3, 0.4) is 0 Å². The van der Waals surface area contributed by atoms with Crippen molar-refractivity contribution in [3.05, 3.63) is 63.7 Å². The highest BCUT2D eigenvalue weighted by Gasteiger charge is 2.50. The van der Waals surface area contributed by atoms with E-state index in [0.29, 0.717) is 35.7 Å². The number of halogens is 6. The van der Waals surface area contributed by atoms with Crippen molar-refractivity contribution in [2.75, 3.05) is 11.9 Å². The summed E-state index contributed by atoms with van der Waals surface area (Å²) < 4.78 is 90.4. The fraction of sp³-hybridized carbons (Fsp3) is 0.448. The molecule has 0 spiro atoms. The molecule has 2 aromatic heterocycles. The second kappa shape index (κ2) is 11.0. The second-order valence-electron chi connectivity index (χ2n) is 12.1. The van der Waals surface area contributed by atoms with E-state index in [1.807, 2.05) is 5.32 Å². The van der Waals surface area contributed by atoms with Crippen LogP contribution in [0.2, 0.25) is 0 Å². The summed E-state index contributed by atoms with van der Waals surface area (Å²) in [6.07, 6.45) is -3.05. The largest absolute Gasteiger partial charge is 0.444 e. The van der Waals surface area contributed by atoms with Crippen molar-refractivity contribution in [2.24, 2.45) is 5.92 Å². The van der Waals surface area contributed by atoms with Gasteiger partial charge < -0.3 is 20.7 Å². The summed E-state index contributed by atoms with van der Waals surface area (Å²) in [4.78, 5) is 42.9. The molecule has 0 saturated heterocycles. The number of fused-ring (bicyclic) bond motifs is 1. The van der Waals surface area contributed by atoms with Crippen LogP contribution in [0.15, 0.2) is 35.3 Å². The maximum atomic E-state index is 15.0. The lowest BCUT2D eigenvalue weighted by atomic mass is 10.1. The fourth-order valence-corrected chi connectivity index (χ4v) is 4.79. The van der Waals surface area contributed by atoms with Gasteiger partial charge in [0, 0.05) is 24.9 Å². The zero-order valence-corrected chi connectivity index (χ0v) is 23.9. The predicted molar refractivity (Wildman–Crippen MR) is 147 cm³/mol. The standard InChI is InChI=1S/C29H29F6N5O4/c1-27(2,3)44-26(43)39-28(8-9-28)13-36-20-7-6-16-22(41)17(25(42)38-23(14-4-5-14)29(33,34)35)12-40(24(16)37-20)21-18(31)10-15(30)11-19(21)32/h6-7,10-12,14,23H,4-5,8-9,13H2,1-3H3,(H,36,37)(H,38,42)(H,39,43). The Morgan fingerprint density at radius 1 is 1.09 bits per heavy atom. The lowest BCUT2D eigenvalue weighted by molar-refractivity contribution is -0.158. The lowest BCUT2D eigenvalue weighted by Gasteiger charge is -2.24. The van der Waals surface area contributed by atoms with Crippen molar-refractivity contribution in [1.82, 2.24) is 20.2 Å². The SMILES string of the molecule is CC(C)(C)OC(=O)NC1(CNc2ccc3c(=O)c(C(=O)NC(C4CC4)C(F)(F)F)cn(-c4c(F)cc(F)cc4F)c3n2)CC1. The number of amides is 2. The van der Waals surface area contributed by atoms with Crippen LogP contribution in [0.1, 0.15) is 56.8 Å². The third-order valence-electron chi connectivity index (χ3n) is 7.28. The van der Waals surface area contributed by atoms with E-state index in [-0.39, 0.29) is 36.2 Å². The van der Waals surface area contributed by atoms with E-state index in [1.165, 1.54) is 12.1 Å². The molecule has 2 fully saturated rings. The highest BCUT2D eigenvalue weighted by molar-refractivity contribution is 5.97. The molecule has 0 aliphatic heterocycles. The average Bonchev–Trinajstić information content (AvgIpc) is 3.82. The molecule has 0 bridgehead atoms. The summed E-state index contributed by atoms with van der Waals surface area (Å²) in [5.41, 5.74) is -4.50. The molecular weight excluding hydrogens is 596 g/mol. The third-order valence-corrected chi connectivity index (χ3v) is 7.28. The first-order valence-corrected chi connectivity index (χ1v) is 13.8. The number of hydrogen-bond donors (Lipinski definition) is 3. The molecule has 1 aromatic carbocycles. The van der Waals surface area contributed by atoms with Crippen molar-refractivity contribution in [3.63, 3.8) is 0 Å². The topological polar surface area (TPSA) is 114 Å². The Labute approximate surface area is 247 Å². The maximum absolute atomic E-state index is 15.0. The van der Waals surface area contributed by atoms with Crippen molar-refractivity contribution in [1.29, 1.82) is 0 Å². The Balaban J connectivity index is 1.52. The van der Waals surface area contributed by atoms with Crippen molar-refractivity contribution < 1.29 is 40.7 Å². The van der Waals surface area contributed by atoms with Gasteiger partial charge in [-0.05, 0) is 64.5 Å². The molecule has 5 rings (SSSR count). The number of alkyl halides is 3. The minimum atomic E-state index is -4.79. The number of benzene rings is 1. The first kappa shape index (κ1) is 31.1. The quantitative estimate of drug-likeness (QED) is 0.291. The Bertz CT molecular complexity index is 1670. The summed E-state index contributed by atoms with van der Waals surface area (Å²) in [7, 11) is 0. The van der Waals surface area contributed by atoms with E-state index in [0.717, 1.165) is 0 Å². The van der Waals surface area contributed by atoms with E-state index in [2.05, 4.69) is 15.6 Å². The number of hydrogen-bond acceptors (Lipinski definition) is 6. The molecule has 2 aliphatic rings. The molecule has 3 N–H and O–H groups in total. The second-order valence-corrected chi connectivity index (χ2v) is 12.1. The highest BCUT2D eigenvalue weighted by atomic mass is 19.4. The van der Waals surface area contributed by atoms with Crippen LogP contribution in [0, 0.1) is 23.4 Å². The average molecular weight is 626 g/mol. The number of aromatic nitrogens is 2. The van der Waals surface area contributed by atoms with Crippen molar-refractivity contribution >= 4 is 28.9 Å². The molecule has 15 heteroatoms. The van der Waals surface area contributed by atoms with Gasteiger partial charge in [-0.15, -0.1) is 0 Å². The fourth-order valence-electron chi connectivity index (χ4n) is 4.79. The van der Waals surface area contributed by atoms with Gasteiger partial charge in [0.25, 0.3) is 5.91 Å². The third kappa shape index (κ3) is 6.76. The van der Waals surface area contributed by atoms with Gasteiger partial charge in [0.05, 0.1) is 10.9 Å². The number of anilines is 1. The monoisotopic (exact) mass is 625 g/mol. The highest BCUT2D eigenvalue weighted by Crippen LogP contribution is 2.40. The van der Waals surface area contributed by atoms with E-state index >= 15 is 0 Å². The van der Waals surface area contributed by atoms with Gasteiger partial charge in [-0.2, -0.15) is 13.2 Å². The van der Waals surface area contributed by atoms with E-state index in [1.54, 1.807) is 20.8 Å². The summed E-state index contributed by atoms with van der Waals surface area (Å²) >= 11 is 0. The van der Waals surface area contributed by atoms with Gasteiger partial charge in [0.1, 0.15) is 34.5 Å². The van der Waals surface area contributed by atoms with Gasteiger partial charge in [-0.25, -0.2) is 22.9 Å². The number of carbonyl (C=O) groups is 2. The molecular formula is C29H29F6N5O4. The van der Waals surface area contributed by atoms with Gasteiger partial charge in [-0.1, -0.05) is 0 Å². The lowest BCUT2D eigenvalue weighted by Crippen LogP contribution is -2.48. The first-order chi connectivity index (χ1) is 20.5. The van der Waals surface area contributed by atoms with Gasteiger partial charge in [0.15, 0.2) is 17.3 Å². The molecule has 9 nitrogen and oxygen atoms in total. The number of nitrogens with one attached hydrogen (secondary N) is 3. The number of carbonyl (C=O) groups excluding carboxylic acids is 2. The minimum absolute atomic E-state index is 0.105. The summed E-state index contributed by atoms with van der Waals surface area (Å²) in [6.45, 7) is 5.31. The zero-order chi connectivity index (χ0) is 32.2. The van der Waals surface area contributed by atoms with E-state index in [9.17, 15) is 40.7 Å². The molecule has 2 aliphatic carbocycles.